The van der Waals surface area contributed by atoms with Crippen molar-refractivity contribution in [2.24, 2.45) is 0 Å². The molecular formula is C20H20BrN3O3S2. The van der Waals surface area contributed by atoms with Gasteiger partial charge >= 0.3 is 0 Å². The average molecular weight is 494 g/mol. The van der Waals surface area contributed by atoms with Gasteiger partial charge in [0, 0.05) is 41.6 Å². The van der Waals surface area contributed by atoms with Crippen LogP contribution in [0.1, 0.15) is 0 Å². The summed E-state index contributed by atoms with van der Waals surface area (Å²) >= 11 is 4.91. The van der Waals surface area contributed by atoms with E-state index in [1.54, 1.807) is 41.0 Å². The van der Waals surface area contributed by atoms with E-state index in [2.05, 4.69) is 20.8 Å². The smallest absolute Gasteiger partial charge is 0.243 e. The van der Waals surface area contributed by atoms with Gasteiger partial charge in [-0.2, -0.15) is 4.31 Å². The number of ether oxygens (including phenoxy) is 1. The maximum Gasteiger partial charge on any atom is 0.243 e. The summed E-state index contributed by atoms with van der Waals surface area (Å²) in [5.74, 6) is 0.795. The van der Waals surface area contributed by atoms with Crippen molar-refractivity contribution in [3.63, 3.8) is 0 Å². The van der Waals surface area contributed by atoms with E-state index in [1.807, 2.05) is 35.7 Å². The third kappa shape index (κ3) is 4.32. The fraction of sp³-hybridized carbons (Fsp3) is 0.250. The molecule has 1 aliphatic rings. The summed E-state index contributed by atoms with van der Waals surface area (Å²) in [4.78, 5) is 7.21. The van der Waals surface area contributed by atoms with Crippen LogP contribution in [-0.2, 0) is 10.0 Å². The summed E-state index contributed by atoms with van der Waals surface area (Å²) in [5, 5.41) is 2.93. The molecular weight excluding hydrogens is 474 g/mol. The lowest BCUT2D eigenvalue weighted by molar-refractivity contribution is 0.385. The van der Waals surface area contributed by atoms with Crippen LogP contribution in [0.3, 0.4) is 0 Å². The molecule has 3 aromatic rings. The molecule has 0 atom stereocenters. The molecule has 0 amide bonds. The summed E-state index contributed by atoms with van der Waals surface area (Å²) in [6.45, 7) is 2.09. The molecule has 0 unspecified atom stereocenters. The first kappa shape index (κ1) is 20.3. The Labute approximate surface area is 182 Å². The summed E-state index contributed by atoms with van der Waals surface area (Å²) in [7, 11) is -1.84. The van der Waals surface area contributed by atoms with E-state index in [0.29, 0.717) is 31.1 Å². The Bertz CT molecular complexity index is 1110. The largest absolute Gasteiger partial charge is 0.497 e. The molecule has 6 nitrogen and oxygen atoms in total. The molecule has 2 aromatic carbocycles. The first-order valence-electron chi connectivity index (χ1n) is 9.08. The van der Waals surface area contributed by atoms with Gasteiger partial charge in [0.15, 0.2) is 5.13 Å². The van der Waals surface area contributed by atoms with Crippen LogP contribution in [0, 0.1) is 0 Å². The van der Waals surface area contributed by atoms with E-state index in [-0.39, 0.29) is 0 Å². The number of benzene rings is 2. The molecule has 9 heteroatoms. The van der Waals surface area contributed by atoms with Crippen molar-refractivity contribution < 1.29 is 13.2 Å². The fourth-order valence-electron chi connectivity index (χ4n) is 3.22. The SMILES string of the molecule is COc1cccc(-c2csc(N3CCN(S(=O)(=O)c4cccc(Br)c4)CC3)n2)c1. The second-order valence-corrected chi connectivity index (χ2v) is 10.3. The number of aromatic nitrogens is 1. The monoisotopic (exact) mass is 493 g/mol. The number of hydrogen-bond donors (Lipinski definition) is 0. The zero-order valence-corrected chi connectivity index (χ0v) is 19.0. The van der Waals surface area contributed by atoms with Crippen molar-refractivity contribution >= 4 is 42.4 Å². The molecule has 0 bridgehead atoms. The Hall–Kier alpha value is -1.94. The fourth-order valence-corrected chi connectivity index (χ4v) is 6.13. The Morgan fingerprint density at radius 3 is 2.55 bits per heavy atom. The number of halogens is 1. The second kappa shape index (κ2) is 8.43. The number of rotatable bonds is 5. The topological polar surface area (TPSA) is 62.7 Å². The highest BCUT2D eigenvalue weighted by Gasteiger charge is 2.29. The van der Waals surface area contributed by atoms with Crippen LogP contribution >= 0.6 is 27.3 Å². The van der Waals surface area contributed by atoms with Crippen LogP contribution in [-0.4, -0.2) is 51.0 Å². The molecule has 0 saturated carbocycles. The van der Waals surface area contributed by atoms with E-state index in [4.69, 9.17) is 9.72 Å². The van der Waals surface area contributed by atoms with Gasteiger partial charge in [0.05, 0.1) is 17.7 Å². The van der Waals surface area contributed by atoms with E-state index >= 15 is 0 Å². The molecule has 152 valence electrons. The van der Waals surface area contributed by atoms with Gasteiger partial charge in [0.25, 0.3) is 0 Å². The molecule has 0 radical (unpaired) electrons. The highest BCUT2D eigenvalue weighted by molar-refractivity contribution is 9.10. The van der Waals surface area contributed by atoms with Gasteiger partial charge < -0.3 is 9.64 Å². The Morgan fingerprint density at radius 2 is 1.83 bits per heavy atom. The Morgan fingerprint density at radius 1 is 1.07 bits per heavy atom. The number of nitrogens with zero attached hydrogens (tertiary/aromatic N) is 3. The van der Waals surface area contributed by atoms with Gasteiger partial charge in [0.1, 0.15) is 5.75 Å². The number of piperazine rings is 1. The predicted molar refractivity (Wildman–Crippen MR) is 119 cm³/mol. The van der Waals surface area contributed by atoms with Crippen LogP contribution in [0.2, 0.25) is 0 Å². The van der Waals surface area contributed by atoms with Crippen molar-refractivity contribution in [2.75, 3.05) is 38.2 Å². The zero-order valence-electron chi connectivity index (χ0n) is 15.8. The minimum atomic E-state index is -3.49. The molecule has 4 rings (SSSR count). The molecule has 1 aliphatic heterocycles. The number of methoxy groups -OCH3 is 1. The van der Waals surface area contributed by atoms with E-state index in [0.717, 1.165) is 26.6 Å². The quantitative estimate of drug-likeness (QED) is 0.535. The van der Waals surface area contributed by atoms with Gasteiger partial charge in [-0.1, -0.05) is 34.1 Å². The molecule has 1 saturated heterocycles. The van der Waals surface area contributed by atoms with Gasteiger partial charge in [-0.3, -0.25) is 0 Å². The Kier molecular flexibility index (Phi) is 5.91. The number of anilines is 1. The maximum atomic E-state index is 12.9. The maximum absolute atomic E-state index is 12.9. The average Bonchev–Trinajstić information content (AvgIpc) is 3.24. The number of sulfonamides is 1. The zero-order chi connectivity index (χ0) is 20.4. The summed E-state index contributed by atoms with van der Waals surface area (Å²) in [5.41, 5.74) is 1.90. The molecule has 1 fully saturated rings. The first-order valence-corrected chi connectivity index (χ1v) is 12.2. The number of hydrogen-bond acceptors (Lipinski definition) is 6. The molecule has 1 aromatic heterocycles. The highest BCUT2D eigenvalue weighted by Crippen LogP contribution is 2.30. The summed E-state index contributed by atoms with van der Waals surface area (Å²) in [6, 6.07) is 14.6. The van der Waals surface area contributed by atoms with E-state index < -0.39 is 10.0 Å². The highest BCUT2D eigenvalue weighted by atomic mass is 79.9. The van der Waals surface area contributed by atoms with Crippen molar-refractivity contribution in [1.29, 1.82) is 0 Å². The van der Waals surface area contributed by atoms with Gasteiger partial charge in [-0.15, -0.1) is 11.3 Å². The van der Waals surface area contributed by atoms with Crippen molar-refractivity contribution in [3.8, 4) is 17.0 Å². The van der Waals surface area contributed by atoms with Crippen molar-refractivity contribution in [2.45, 2.75) is 4.90 Å². The van der Waals surface area contributed by atoms with Gasteiger partial charge in [-0.25, -0.2) is 13.4 Å². The van der Waals surface area contributed by atoms with Crippen LogP contribution in [0.15, 0.2) is 63.3 Å². The summed E-state index contributed by atoms with van der Waals surface area (Å²) < 4.78 is 33.4. The molecule has 29 heavy (non-hydrogen) atoms. The molecule has 0 aliphatic carbocycles. The van der Waals surface area contributed by atoms with E-state index in [9.17, 15) is 8.42 Å². The standard InChI is InChI=1S/C20H20BrN3O3S2/c1-27-17-6-2-4-15(12-17)19-14-28-20(22-19)23-8-10-24(11-9-23)29(25,26)18-7-3-5-16(21)13-18/h2-7,12-14H,8-11H2,1H3. The van der Waals surface area contributed by atoms with E-state index in [1.165, 1.54) is 0 Å². The molecule has 2 heterocycles. The molecule has 0 N–H and O–H groups in total. The third-order valence-corrected chi connectivity index (χ3v) is 8.09. The van der Waals surface area contributed by atoms with Gasteiger partial charge in [0.2, 0.25) is 10.0 Å². The predicted octanol–water partition coefficient (Wildman–Crippen LogP) is 4.09. The van der Waals surface area contributed by atoms with Crippen LogP contribution < -0.4 is 9.64 Å². The van der Waals surface area contributed by atoms with Crippen LogP contribution in [0.5, 0.6) is 5.75 Å². The molecule has 0 spiro atoms. The lowest BCUT2D eigenvalue weighted by atomic mass is 10.2. The first-order chi connectivity index (χ1) is 14.0. The minimum absolute atomic E-state index is 0.315. The third-order valence-electron chi connectivity index (χ3n) is 4.80. The normalized spacial score (nSPS) is 15.4. The Balaban J connectivity index is 1.46. The number of thiazole rings is 1. The van der Waals surface area contributed by atoms with Gasteiger partial charge in [-0.05, 0) is 30.3 Å². The van der Waals surface area contributed by atoms with Crippen LogP contribution in [0.25, 0.3) is 11.3 Å². The lowest BCUT2D eigenvalue weighted by Crippen LogP contribution is -2.48. The lowest BCUT2D eigenvalue weighted by Gasteiger charge is -2.33. The van der Waals surface area contributed by atoms with Crippen molar-refractivity contribution in [3.05, 3.63) is 58.4 Å². The minimum Gasteiger partial charge on any atom is -0.497 e. The summed E-state index contributed by atoms with van der Waals surface area (Å²) in [6.07, 6.45) is 0. The van der Waals surface area contributed by atoms with Crippen LogP contribution in [0.4, 0.5) is 5.13 Å². The van der Waals surface area contributed by atoms with Crippen molar-refractivity contribution in [1.82, 2.24) is 9.29 Å². The second-order valence-electron chi connectivity index (χ2n) is 6.60.